The van der Waals surface area contributed by atoms with Crippen LogP contribution in [0.15, 0.2) is 48.5 Å². The minimum Gasteiger partial charge on any atom is -0.330 e. The maximum Gasteiger partial charge on any atom is 0.131 e. The average molecular weight is 284 g/mol. The van der Waals surface area contributed by atoms with Crippen LogP contribution in [-0.4, -0.2) is 25.0 Å². The standard InChI is InChI=1S/C18H21FN2/c1-21-12-13(11-20)9-18(21)15-7-8-17(19)16(10-15)14-5-3-2-4-6-14/h2-8,10,13,18H,9,11-12,20H2,1H3. The molecule has 1 aliphatic heterocycles. The van der Waals surface area contributed by atoms with E-state index in [0.717, 1.165) is 18.5 Å². The lowest BCUT2D eigenvalue weighted by molar-refractivity contribution is 0.313. The molecule has 2 aromatic rings. The number of rotatable bonds is 3. The molecule has 21 heavy (non-hydrogen) atoms. The Morgan fingerprint density at radius 3 is 2.62 bits per heavy atom. The molecule has 0 radical (unpaired) electrons. The second-order valence-corrected chi connectivity index (χ2v) is 5.90. The van der Waals surface area contributed by atoms with Gasteiger partial charge in [-0.3, -0.25) is 4.90 Å². The second kappa shape index (κ2) is 5.96. The van der Waals surface area contributed by atoms with Crippen molar-refractivity contribution < 1.29 is 4.39 Å². The number of nitrogens with zero attached hydrogens (tertiary/aromatic N) is 1. The molecule has 1 aliphatic rings. The summed E-state index contributed by atoms with van der Waals surface area (Å²) in [7, 11) is 2.12. The topological polar surface area (TPSA) is 29.3 Å². The van der Waals surface area contributed by atoms with Crippen LogP contribution in [0, 0.1) is 11.7 Å². The zero-order valence-electron chi connectivity index (χ0n) is 12.3. The normalized spacial score (nSPS) is 22.6. The van der Waals surface area contributed by atoms with Gasteiger partial charge in [-0.05, 0) is 49.2 Å². The van der Waals surface area contributed by atoms with Gasteiger partial charge in [0.1, 0.15) is 5.82 Å². The van der Waals surface area contributed by atoms with Crippen molar-refractivity contribution in [1.82, 2.24) is 4.90 Å². The fourth-order valence-corrected chi connectivity index (χ4v) is 3.26. The monoisotopic (exact) mass is 284 g/mol. The third-order valence-corrected chi connectivity index (χ3v) is 4.43. The van der Waals surface area contributed by atoms with Crippen LogP contribution in [0.4, 0.5) is 4.39 Å². The first kappa shape index (κ1) is 14.2. The predicted octanol–water partition coefficient (Wildman–Crippen LogP) is 3.44. The zero-order chi connectivity index (χ0) is 14.8. The van der Waals surface area contributed by atoms with E-state index >= 15 is 0 Å². The van der Waals surface area contributed by atoms with Crippen LogP contribution in [0.3, 0.4) is 0 Å². The maximum absolute atomic E-state index is 14.1. The van der Waals surface area contributed by atoms with Crippen molar-refractivity contribution in [3.63, 3.8) is 0 Å². The first-order chi connectivity index (χ1) is 10.2. The molecule has 0 aliphatic carbocycles. The second-order valence-electron chi connectivity index (χ2n) is 5.90. The molecule has 0 spiro atoms. The third-order valence-electron chi connectivity index (χ3n) is 4.43. The lowest BCUT2D eigenvalue weighted by atomic mass is 9.96. The molecular weight excluding hydrogens is 263 g/mol. The average Bonchev–Trinajstić information content (AvgIpc) is 2.90. The van der Waals surface area contributed by atoms with Gasteiger partial charge < -0.3 is 5.73 Å². The highest BCUT2D eigenvalue weighted by atomic mass is 19.1. The summed E-state index contributed by atoms with van der Waals surface area (Å²) in [6.45, 7) is 1.73. The van der Waals surface area contributed by atoms with Crippen molar-refractivity contribution in [2.24, 2.45) is 11.7 Å². The van der Waals surface area contributed by atoms with E-state index in [4.69, 9.17) is 5.73 Å². The zero-order valence-corrected chi connectivity index (χ0v) is 12.3. The van der Waals surface area contributed by atoms with E-state index in [1.54, 1.807) is 6.07 Å². The van der Waals surface area contributed by atoms with Crippen LogP contribution in [-0.2, 0) is 0 Å². The van der Waals surface area contributed by atoms with E-state index in [0.29, 0.717) is 24.1 Å². The molecular formula is C18H21FN2. The summed E-state index contributed by atoms with van der Waals surface area (Å²) in [4.78, 5) is 2.32. The lowest BCUT2D eigenvalue weighted by Gasteiger charge is -2.20. The summed E-state index contributed by atoms with van der Waals surface area (Å²) in [6, 6.07) is 15.5. The van der Waals surface area contributed by atoms with E-state index in [2.05, 4.69) is 11.9 Å². The number of nitrogens with two attached hydrogens (primary N) is 1. The van der Waals surface area contributed by atoms with Crippen molar-refractivity contribution in [3.8, 4) is 11.1 Å². The summed E-state index contributed by atoms with van der Waals surface area (Å²) in [5.74, 6) is 0.367. The van der Waals surface area contributed by atoms with Gasteiger partial charge in [-0.1, -0.05) is 36.4 Å². The Morgan fingerprint density at radius 2 is 1.95 bits per heavy atom. The minimum absolute atomic E-state index is 0.166. The fourth-order valence-electron chi connectivity index (χ4n) is 3.26. The van der Waals surface area contributed by atoms with Gasteiger partial charge in [-0.25, -0.2) is 4.39 Å². The highest BCUT2D eigenvalue weighted by molar-refractivity contribution is 5.65. The summed E-state index contributed by atoms with van der Waals surface area (Å²) < 4.78 is 14.1. The van der Waals surface area contributed by atoms with Gasteiger partial charge in [-0.2, -0.15) is 0 Å². The van der Waals surface area contributed by atoms with E-state index in [-0.39, 0.29) is 5.82 Å². The summed E-state index contributed by atoms with van der Waals surface area (Å²) in [5.41, 5.74) is 8.57. The van der Waals surface area contributed by atoms with Gasteiger partial charge in [0.2, 0.25) is 0 Å². The molecule has 3 rings (SSSR count). The molecule has 2 N–H and O–H groups in total. The smallest absolute Gasteiger partial charge is 0.131 e. The number of hydrogen-bond donors (Lipinski definition) is 1. The van der Waals surface area contributed by atoms with Gasteiger partial charge in [0.15, 0.2) is 0 Å². The Kier molecular flexibility index (Phi) is 4.04. The summed E-state index contributed by atoms with van der Waals surface area (Å²) in [6.07, 6.45) is 1.05. The van der Waals surface area contributed by atoms with Crippen molar-refractivity contribution >= 4 is 0 Å². The van der Waals surface area contributed by atoms with Gasteiger partial charge in [-0.15, -0.1) is 0 Å². The molecule has 2 aromatic carbocycles. The van der Waals surface area contributed by atoms with Crippen LogP contribution in [0.1, 0.15) is 18.0 Å². The SMILES string of the molecule is CN1CC(CN)CC1c1ccc(F)c(-c2ccccc2)c1. The highest BCUT2D eigenvalue weighted by Gasteiger charge is 2.30. The molecule has 1 saturated heterocycles. The van der Waals surface area contributed by atoms with Gasteiger partial charge in [0.05, 0.1) is 0 Å². The summed E-state index contributed by atoms with van der Waals surface area (Å²) >= 11 is 0. The maximum atomic E-state index is 14.1. The molecule has 1 fully saturated rings. The summed E-state index contributed by atoms with van der Waals surface area (Å²) in [5, 5.41) is 0. The Bertz CT molecular complexity index is 612. The van der Waals surface area contributed by atoms with Crippen LogP contribution >= 0.6 is 0 Å². The minimum atomic E-state index is -0.166. The number of benzene rings is 2. The quantitative estimate of drug-likeness (QED) is 0.935. The van der Waals surface area contributed by atoms with E-state index in [9.17, 15) is 4.39 Å². The molecule has 2 atom stereocenters. The van der Waals surface area contributed by atoms with Gasteiger partial charge in [0.25, 0.3) is 0 Å². The molecule has 2 unspecified atom stereocenters. The first-order valence-electron chi connectivity index (χ1n) is 7.44. The molecule has 2 nitrogen and oxygen atoms in total. The fraction of sp³-hybridized carbons (Fsp3) is 0.333. The van der Waals surface area contributed by atoms with Crippen LogP contribution in [0.25, 0.3) is 11.1 Å². The van der Waals surface area contributed by atoms with Crippen molar-refractivity contribution in [1.29, 1.82) is 0 Å². The highest BCUT2D eigenvalue weighted by Crippen LogP contribution is 2.36. The molecule has 3 heteroatoms. The predicted molar refractivity (Wildman–Crippen MR) is 84.4 cm³/mol. The Hall–Kier alpha value is -1.71. The number of hydrogen-bond acceptors (Lipinski definition) is 2. The van der Waals surface area contributed by atoms with Crippen molar-refractivity contribution in [2.45, 2.75) is 12.5 Å². The molecule has 110 valence electrons. The van der Waals surface area contributed by atoms with Crippen LogP contribution < -0.4 is 5.73 Å². The number of likely N-dealkylation sites (tertiary alicyclic amines) is 1. The number of halogens is 1. The van der Waals surface area contributed by atoms with Crippen LogP contribution in [0.2, 0.25) is 0 Å². The van der Waals surface area contributed by atoms with Crippen molar-refractivity contribution in [3.05, 3.63) is 59.9 Å². The Morgan fingerprint density at radius 1 is 1.19 bits per heavy atom. The first-order valence-corrected chi connectivity index (χ1v) is 7.44. The Labute approximate surface area is 125 Å². The molecule has 0 aromatic heterocycles. The van der Waals surface area contributed by atoms with E-state index < -0.39 is 0 Å². The molecule has 0 saturated carbocycles. The lowest BCUT2D eigenvalue weighted by Crippen LogP contribution is -2.20. The molecule has 0 amide bonds. The Balaban J connectivity index is 1.95. The van der Waals surface area contributed by atoms with Gasteiger partial charge >= 0.3 is 0 Å². The van der Waals surface area contributed by atoms with Gasteiger partial charge in [0, 0.05) is 18.2 Å². The largest absolute Gasteiger partial charge is 0.330 e. The molecule has 1 heterocycles. The van der Waals surface area contributed by atoms with Crippen molar-refractivity contribution in [2.75, 3.05) is 20.1 Å². The van der Waals surface area contributed by atoms with E-state index in [1.165, 1.54) is 5.56 Å². The van der Waals surface area contributed by atoms with Crippen LogP contribution in [0.5, 0.6) is 0 Å². The van der Waals surface area contributed by atoms with E-state index in [1.807, 2.05) is 42.5 Å². The third kappa shape index (κ3) is 2.85. The molecule has 0 bridgehead atoms.